The molecule has 8 heteroatoms. The van der Waals surface area contributed by atoms with E-state index < -0.39 is 11.9 Å². The average Bonchev–Trinajstić information content (AvgIpc) is 3.00. The second-order valence-corrected chi connectivity index (χ2v) is 4.74. The zero-order valence-electron chi connectivity index (χ0n) is 11.0. The Kier molecular flexibility index (Phi) is 4.49. The van der Waals surface area contributed by atoms with Crippen LogP contribution in [0.25, 0.3) is 0 Å². The van der Waals surface area contributed by atoms with Crippen molar-refractivity contribution in [2.75, 3.05) is 19.5 Å². The van der Waals surface area contributed by atoms with Crippen LogP contribution < -0.4 is 20.5 Å². The Hall–Kier alpha value is -2.19. The Morgan fingerprint density at radius 3 is 2.50 bits per heavy atom. The van der Waals surface area contributed by atoms with Crippen molar-refractivity contribution >= 4 is 23.2 Å². The highest BCUT2D eigenvalue weighted by Gasteiger charge is 2.18. The lowest BCUT2D eigenvalue weighted by molar-refractivity contribution is -0.117. The monoisotopic (exact) mass is 294 g/mol. The molecule has 0 aromatic carbocycles. The van der Waals surface area contributed by atoms with Crippen LogP contribution in [0.15, 0.2) is 23.6 Å². The fourth-order valence-corrected chi connectivity index (χ4v) is 2.18. The summed E-state index contributed by atoms with van der Waals surface area (Å²) in [5.74, 6) is 0.259. The van der Waals surface area contributed by atoms with Crippen molar-refractivity contribution in [2.45, 2.75) is 6.04 Å². The number of carbonyl (C=O) groups excluding carboxylic acids is 1. The van der Waals surface area contributed by atoms with E-state index >= 15 is 0 Å². The Bertz CT molecular complexity index is 566. The average molecular weight is 294 g/mol. The van der Waals surface area contributed by atoms with Crippen molar-refractivity contribution in [3.05, 3.63) is 28.5 Å². The topological polar surface area (TPSA) is 99.4 Å². The molecule has 2 aromatic rings. The number of amides is 1. The fraction of sp³-hybridized carbons (Fsp3) is 0.250. The first-order chi connectivity index (χ1) is 9.63. The molecule has 0 aliphatic rings. The molecule has 7 nitrogen and oxygen atoms in total. The Balaban J connectivity index is 2.15. The number of hydrogen-bond donors (Lipinski definition) is 2. The first-order valence-corrected chi connectivity index (χ1v) is 6.59. The number of ether oxygens (including phenoxy) is 2. The maximum absolute atomic E-state index is 12.0. The van der Waals surface area contributed by atoms with Crippen molar-refractivity contribution in [3.8, 4) is 11.8 Å². The zero-order valence-corrected chi connectivity index (χ0v) is 11.8. The summed E-state index contributed by atoms with van der Waals surface area (Å²) in [6.45, 7) is 0. The molecule has 0 radical (unpaired) electrons. The summed E-state index contributed by atoms with van der Waals surface area (Å²) >= 11 is 1.41. The number of nitrogens with zero attached hydrogens (tertiary/aromatic N) is 2. The third-order valence-corrected chi connectivity index (χ3v) is 3.42. The number of aromatic nitrogens is 2. The number of rotatable bonds is 5. The number of anilines is 1. The molecule has 0 spiro atoms. The van der Waals surface area contributed by atoms with Gasteiger partial charge in [-0.2, -0.15) is 9.97 Å². The van der Waals surface area contributed by atoms with Crippen molar-refractivity contribution in [3.63, 3.8) is 0 Å². The van der Waals surface area contributed by atoms with Gasteiger partial charge in [-0.05, 0) is 11.4 Å². The second kappa shape index (κ2) is 6.31. The number of methoxy groups -OCH3 is 2. The highest BCUT2D eigenvalue weighted by atomic mass is 32.1. The zero-order chi connectivity index (χ0) is 14.5. The first kappa shape index (κ1) is 14.2. The molecule has 0 saturated carbocycles. The van der Waals surface area contributed by atoms with Gasteiger partial charge in [-0.25, -0.2) is 0 Å². The molecule has 0 aliphatic carbocycles. The van der Waals surface area contributed by atoms with Gasteiger partial charge in [-0.1, -0.05) is 6.07 Å². The summed E-state index contributed by atoms with van der Waals surface area (Å²) in [4.78, 5) is 20.8. The molecule has 2 rings (SSSR count). The van der Waals surface area contributed by atoms with Crippen LogP contribution in [0.5, 0.6) is 11.8 Å². The predicted molar refractivity (Wildman–Crippen MR) is 75.0 cm³/mol. The quantitative estimate of drug-likeness (QED) is 0.859. The highest BCUT2D eigenvalue weighted by molar-refractivity contribution is 7.10. The fourth-order valence-electron chi connectivity index (χ4n) is 1.45. The molecule has 1 atom stereocenters. The van der Waals surface area contributed by atoms with Crippen LogP contribution >= 0.6 is 11.3 Å². The summed E-state index contributed by atoms with van der Waals surface area (Å²) in [7, 11) is 2.93. The summed E-state index contributed by atoms with van der Waals surface area (Å²) in [6, 6.07) is 4.37. The number of carbonyl (C=O) groups is 1. The van der Waals surface area contributed by atoms with Gasteiger partial charge in [0, 0.05) is 4.88 Å². The van der Waals surface area contributed by atoms with Crippen LogP contribution in [-0.2, 0) is 4.79 Å². The molecule has 0 fully saturated rings. The van der Waals surface area contributed by atoms with E-state index in [9.17, 15) is 4.79 Å². The van der Waals surface area contributed by atoms with E-state index in [-0.39, 0.29) is 17.7 Å². The molecule has 0 bridgehead atoms. The molecular weight excluding hydrogens is 280 g/mol. The van der Waals surface area contributed by atoms with E-state index in [1.807, 2.05) is 11.4 Å². The van der Waals surface area contributed by atoms with E-state index in [0.717, 1.165) is 4.88 Å². The van der Waals surface area contributed by atoms with Crippen LogP contribution in [0.1, 0.15) is 10.9 Å². The van der Waals surface area contributed by atoms with E-state index in [2.05, 4.69) is 15.3 Å². The maximum Gasteiger partial charge on any atom is 0.249 e. The summed E-state index contributed by atoms with van der Waals surface area (Å²) in [5, 5.41) is 4.39. The molecule has 0 aliphatic heterocycles. The minimum atomic E-state index is -0.768. The Morgan fingerprint density at radius 2 is 2.00 bits per heavy atom. The van der Waals surface area contributed by atoms with Gasteiger partial charge in [-0.3, -0.25) is 10.1 Å². The highest BCUT2D eigenvalue weighted by Crippen LogP contribution is 2.20. The molecule has 0 saturated heterocycles. The van der Waals surface area contributed by atoms with Gasteiger partial charge in [-0.15, -0.1) is 11.3 Å². The normalized spacial score (nSPS) is 11.8. The number of nitrogens with one attached hydrogen (secondary N) is 1. The van der Waals surface area contributed by atoms with Gasteiger partial charge < -0.3 is 15.2 Å². The number of nitrogens with two attached hydrogens (primary N) is 1. The Labute approximate surface area is 119 Å². The van der Waals surface area contributed by atoms with Gasteiger partial charge >= 0.3 is 0 Å². The Morgan fingerprint density at radius 1 is 1.35 bits per heavy atom. The molecule has 2 aromatic heterocycles. The SMILES string of the molecule is COc1cc(OC)nc(NC(=O)C(N)c2cccs2)n1. The second-order valence-electron chi connectivity index (χ2n) is 3.76. The molecule has 1 amide bonds. The minimum absolute atomic E-state index is 0.0817. The van der Waals surface area contributed by atoms with Crippen molar-refractivity contribution < 1.29 is 14.3 Å². The third kappa shape index (κ3) is 3.22. The van der Waals surface area contributed by atoms with Crippen molar-refractivity contribution in [1.82, 2.24) is 9.97 Å². The molecule has 1 unspecified atom stereocenters. The van der Waals surface area contributed by atoms with Gasteiger partial charge in [0.05, 0.1) is 20.3 Å². The molecule has 3 N–H and O–H groups in total. The summed E-state index contributed by atoms with van der Waals surface area (Å²) < 4.78 is 10.0. The van der Waals surface area contributed by atoms with Crippen LogP contribution in [0.4, 0.5) is 5.95 Å². The van der Waals surface area contributed by atoms with Gasteiger partial charge in [0.15, 0.2) is 0 Å². The van der Waals surface area contributed by atoms with Crippen LogP contribution in [0, 0.1) is 0 Å². The molecule has 106 valence electrons. The van der Waals surface area contributed by atoms with Gasteiger partial charge in [0.1, 0.15) is 6.04 Å². The third-order valence-electron chi connectivity index (χ3n) is 2.46. The number of hydrogen-bond acceptors (Lipinski definition) is 7. The van der Waals surface area contributed by atoms with Crippen molar-refractivity contribution in [1.29, 1.82) is 0 Å². The summed E-state index contributed by atoms with van der Waals surface area (Å²) in [5.41, 5.74) is 5.85. The number of thiophene rings is 1. The van der Waals surface area contributed by atoms with Crippen LogP contribution in [0.2, 0.25) is 0 Å². The lowest BCUT2D eigenvalue weighted by Gasteiger charge is -2.11. The standard InChI is InChI=1S/C12H14N4O3S/c1-18-8-6-9(19-2)15-12(14-8)16-11(17)10(13)7-4-3-5-20-7/h3-6,10H,13H2,1-2H3,(H,14,15,16,17). The van der Waals surface area contributed by atoms with E-state index in [1.165, 1.54) is 31.6 Å². The lowest BCUT2D eigenvalue weighted by atomic mass is 10.2. The first-order valence-electron chi connectivity index (χ1n) is 5.71. The largest absolute Gasteiger partial charge is 0.481 e. The summed E-state index contributed by atoms with van der Waals surface area (Å²) in [6.07, 6.45) is 0. The maximum atomic E-state index is 12.0. The molecule has 20 heavy (non-hydrogen) atoms. The minimum Gasteiger partial charge on any atom is -0.481 e. The van der Waals surface area contributed by atoms with Crippen LogP contribution in [-0.4, -0.2) is 30.1 Å². The van der Waals surface area contributed by atoms with Gasteiger partial charge in [0.2, 0.25) is 23.6 Å². The smallest absolute Gasteiger partial charge is 0.249 e. The molecular formula is C12H14N4O3S. The van der Waals surface area contributed by atoms with Crippen molar-refractivity contribution in [2.24, 2.45) is 5.73 Å². The lowest BCUT2D eigenvalue weighted by Crippen LogP contribution is -2.27. The van der Waals surface area contributed by atoms with E-state index in [0.29, 0.717) is 0 Å². The molecule has 2 heterocycles. The van der Waals surface area contributed by atoms with Crippen LogP contribution in [0.3, 0.4) is 0 Å². The van der Waals surface area contributed by atoms with E-state index in [4.69, 9.17) is 15.2 Å². The van der Waals surface area contributed by atoms with Gasteiger partial charge in [0.25, 0.3) is 0 Å². The van der Waals surface area contributed by atoms with E-state index in [1.54, 1.807) is 6.07 Å². The predicted octanol–water partition coefficient (Wildman–Crippen LogP) is 1.19.